The van der Waals surface area contributed by atoms with Crippen molar-refractivity contribution in [3.8, 4) is 0 Å². The summed E-state index contributed by atoms with van der Waals surface area (Å²) >= 11 is 0. The van der Waals surface area contributed by atoms with Gasteiger partial charge in [0.1, 0.15) is 11.1 Å². The lowest BCUT2D eigenvalue weighted by Gasteiger charge is -2.50. The number of carbonyl (C=O) groups excluding carboxylic acids is 1. The molecule has 2 aliphatic carbocycles. The summed E-state index contributed by atoms with van der Waals surface area (Å²) in [5, 5.41) is 9.66. The van der Waals surface area contributed by atoms with Gasteiger partial charge in [-0.2, -0.15) is 0 Å². The summed E-state index contributed by atoms with van der Waals surface area (Å²) < 4.78 is 10.9. The molecule has 0 bridgehead atoms. The van der Waals surface area contributed by atoms with Crippen LogP contribution in [0, 0.1) is 0 Å². The van der Waals surface area contributed by atoms with E-state index in [0.29, 0.717) is 19.4 Å². The van der Waals surface area contributed by atoms with Crippen molar-refractivity contribution in [1.29, 1.82) is 0 Å². The highest BCUT2D eigenvalue weighted by Gasteiger charge is 2.60. The third kappa shape index (κ3) is 3.31. The molecule has 0 radical (unpaired) electrons. The molecule has 0 aromatic rings. The fourth-order valence-corrected chi connectivity index (χ4v) is 2.84. The van der Waals surface area contributed by atoms with Crippen molar-refractivity contribution in [2.45, 2.75) is 76.7 Å². The molecular weight excluding hydrogens is 274 g/mol. The summed E-state index contributed by atoms with van der Waals surface area (Å²) in [6.07, 6.45) is 1.75. The van der Waals surface area contributed by atoms with Crippen molar-refractivity contribution >= 4 is 12.1 Å². The largest absolute Gasteiger partial charge is 0.479 e. The maximum atomic E-state index is 12.4. The van der Waals surface area contributed by atoms with Crippen molar-refractivity contribution in [2.75, 3.05) is 6.61 Å². The molecule has 0 spiro atoms. The summed E-state index contributed by atoms with van der Waals surface area (Å²) in [5.74, 6) is -0.962. The number of ether oxygens (including phenoxy) is 2. The molecule has 2 fully saturated rings. The molecule has 0 heterocycles. The normalized spacial score (nSPS) is 28.7. The van der Waals surface area contributed by atoms with Crippen LogP contribution in [0.4, 0.5) is 4.79 Å². The van der Waals surface area contributed by atoms with E-state index in [4.69, 9.17) is 9.47 Å². The lowest BCUT2D eigenvalue weighted by atomic mass is 9.72. The Morgan fingerprint density at radius 1 is 1.29 bits per heavy atom. The summed E-state index contributed by atoms with van der Waals surface area (Å²) in [6.45, 7) is 7.79. The first-order valence-corrected chi connectivity index (χ1v) is 7.57. The van der Waals surface area contributed by atoms with E-state index in [1.807, 2.05) is 6.92 Å². The molecule has 6 heteroatoms. The molecule has 0 aliphatic heterocycles. The second kappa shape index (κ2) is 5.48. The molecule has 120 valence electrons. The van der Waals surface area contributed by atoms with Gasteiger partial charge >= 0.3 is 12.1 Å². The Kier molecular flexibility index (Phi) is 4.19. The van der Waals surface area contributed by atoms with Crippen LogP contribution in [0.5, 0.6) is 0 Å². The quantitative estimate of drug-likeness (QED) is 0.843. The molecule has 2 saturated carbocycles. The number of hydrogen-bond acceptors (Lipinski definition) is 4. The minimum Gasteiger partial charge on any atom is -0.479 e. The highest BCUT2D eigenvalue weighted by molar-refractivity contribution is 5.86. The van der Waals surface area contributed by atoms with Crippen LogP contribution in [0.1, 0.15) is 53.4 Å². The van der Waals surface area contributed by atoms with Gasteiger partial charge in [-0.15, -0.1) is 0 Å². The van der Waals surface area contributed by atoms with E-state index in [1.165, 1.54) is 4.90 Å². The van der Waals surface area contributed by atoms with Crippen LogP contribution in [0.15, 0.2) is 0 Å². The zero-order valence-corrected chi connectivity index (χ0v) is 13.2. The van der Waals surface area contributed by atoms with Gasteiger partial charge in [-0.1, -0.05) is 0 Å². The van der Waals surface area contributed by atoms with Crippen molar-refractivity contribution in [2.24, 2.45) is 0 Å². The van der Waals surface area contributed by atoms with Gasteiger partial charge in [-0.25, -0.2) is 9.59 Å². The van der Waals surface area contributed by atoms with Crippen LogP contribution in [0.25, 0.3) is 0 Å². The zero-order valence-electron chi connectivity index (χ0n) is 13.2. The SMILES string of the molecule is CCOC1CC(C(=O)O)(N(C(=O)OC(C)(C)C)C2CC2)C1. The molecule has 0 atom stereocenters. The summed E-state index contributed by atoms with van der Waals surface area (Å²) in [6, 6.07) is -0.0153. The molecule has 1 amide bonds. The molecule has 2 aliphatic rings. The number of rotatable bonds is 5. The molecule has 6 nitrogen and oxygen atoms in total. The van der Waals surface area contributed by atoms with Gasteiger partial charge in [0.05, 0.1) is 6.10 Å². The highest BCUT2D eigenvalue weighted by atomic mass is 16.6. The van der Waals surface area contributed by atoms with E-state index in [-0.39, 0.29) is 12.1 Å². The van der Waals surface area contributed by atoms with Gasteiger partial charge in [0.15, 0.2) is 0 Å². The third-order valence-corrected chi connectivity index (χ3v) is 3.89. The number of amides is 1. The van der Waals surface area contributed by atoms with E-state index in [2.05, 4.69) is 0 Å². The van der Waals surface area contributed by atoms with Gasteiger partial charge in [0.25, 0.3) is 0 Å². The minimum atomic E-state index is -1.16. The minimum absolute atomic E-state index is 0.0153. The van der Waals surface area contributed by atoms with Crippen molar-refractivity contribution < 1.29 is 24.2 Å². The Hall–Kier alpha value is -1.30. The van der Waals surface area contributed by atoms with Crippen LogP contribution in [0.3, 0.4) is 0 Å². The number of aliphatic carboxylic acids is 1. The number of nitrogens with zero attached hydrogens (tertiary/aromatic N) is 1. The molecule has 21 heavy (non-hydrogen) atoms. The third-order valence-electron chi connectivity index (χ3n) is 3.89. The van der Waals surface area contributed by atoms with E-state index in [9.17, 15) is 14.7 Å². The average molecular weight is 299 g/mol. The maximum Gasteiger partial charge on any atom is 0.411 e. The second-order valence-corrected chi connectivity index (χ2v) is 6.90. The first-order valence-electron chi connectivity index (χ1n) is 7.57. The Bertz CT molecular complexity index is 418. The molecule has 0 unspecified atom stereocenters. The van der Waals surface area contributed by atoms with Crippen molar-refractivity contribution in [3.05, 3.63) is 0 Å². The Morgan fingerprint density at radius 3 is 2.24 bits per heavy atom. The van der Waals surface area contributed by atoms with E-state index < -0.39 is 23.2 Å². The monoisotopic (exact) mass is 299 g/mol. The molecule has 0 aromatic heterocycles. The number of carbonyl (C=O) groups is 2. The average Bonchev–Trinajstić information content (AvgIpc) is 3.06. The van der Waals surface area contributed by atoms with Gasteiger partial charge < -0.3 is 14.6 Å². The number of carboxylic acids is 1. The molecular formula is C15H25NO5. The van der Waals surface area contributed by atoms with Crippen LogP contribution >= 0.6 is 0 Å². The molecule has 0 saturated heterocycles. The standard InChI is InChI=1S/C15H25NO5/c1-5-20-11-8-15(9-11,12(17)18)16(10-6-7-10)13(19)21-14(2,3)4/h10-11H,5-9H2,1-4H3,(H,17,18). The summed E-state index contributed by atoms with van der Waals surface area (Å²) in [5.41, 5.74) is -1.80. The smallest absolute Gasteiger partial charge is 0.411 e. The highest BCUT2D eigenvalue weighted by Crippen LogP contribution is 2.46. The lowest BCUT2D eigenvalue weighted by Crippen LogP contribution is -2.67. The topological polar surface area (TPSA) is 76.1 Å². The van der Waals surface area contributed by atoms with Crippen LogP contribution in [-0.4, -0.2) is 52.0 Å². The van der Waals surface area contributed by atoms with Gasteiger partial charge in [0, 0.05) is 25.5 Å². The van der Waals surface area contributed by atoms with Crippen molar-refractivity contribution in [1.82, 2.24) is 4.90 Å². The zero-order chi connectivity index (χ0) is 15.8. The number of hydrogen-bond donors (Lipinski definition) is 1. The van der Waals surface area contributed by atoms with Gasteiger partial charge in [0.2, 0.25) is 0 Å². The van der Waals surface area contributed by atoms with Crippen LogP contribution in [-0.2, 0) is 14.3 Å². The van der Waals surface area contributed by atoms with E-state index >= 15 is 0 Å². The fraction of sp³-hybridized carbons (Fsp3) is 0.867. The van der Waals surface area contributed by atoms with E-state index in [0.717, 1.165) is 12.8 Å². The van der Waals surface area contributed by atoms with E-state index in [1.54, 1.807) is 20.8 Å². The Labute approximate surface area is 125 Å². The summed E-state index contributed by atoms with van der Waals surface area (Å²) in [4.78, 5) is 25.7. The first kappa shape index (κ1) is 16.1. The predicted octanol–water partition coefficient (Wildman–Crippen LogP) is 2.41. The van der Waals surface area contributed by atoms with Crippen LogP contribution < -0.4 is 0 Å². The maximum absolute atomic E-state index is 12.4. The van der Waals surface area contributed by atoms with Gasteiger partial charge in [-0.3, -0.25) is 4.90 Å². The Balaban J connectivity index is 2.16. The first-order chi connectivity index (χ1) is 9.69. The van der Waals surface area contributed by atoms with Crippen molar-refractivity contribution in [3.63, 3.8) is 0 Å². The van der Waals surface area contributed by atoms with Gasteiger partial charge in [-0.05, 0) is 40.5 Å². The fourth-order valence-electron chi connectivity index (χ4n) is 2.84. The molecule has 1 N–H and O–H groups in total. The summed E-state index contributed by atoms with van der Waals surface area (Å²) in [7, 11) is 0. The second-order valence-electron chi connectivity index (χ2n) is 6.90. The van der Waals surface area contributed by atoms with Crippen LogP contribution in [0.2, 0.25) is 0 Å². The Morgan fingerprint density at radius 2 is 1.86 bits per heavy atom. The molecule has 2 rings (SSSR count). The lowest BCUT2D eigenvalue weighted by molar-refractivity contribution is -0.172. The number of carboxylic acid groups (broad SMARTS) is 1. The predicted molar refractivity (Wildman–Crippen MR) is 76.1 cm³/mol. The molecule has 0 aromatic carbocycles.